The summed E-state index contributed by atoms with van der Waals surface area (Å²) in [6.07, 6.45) is 0.547. The molecule has 162 valence electrons. The number of hydrazone groups is 1. The molecule has 4 rings (SSSR count). The van der Waals surface area contributed by atoms with E-state index in [1.54, 1.807) is 54.6 Å². The molecule has 0 radical (unpaired) electrons. The summed E-state index contributed by atoms with van der Waals surface area (Å²) in [7, 11) is 0. The second kappa shape index (κ2) is 9.97. The van der Waals surface area contributed by atoms with Gasteiger partial charge >= 0.3 is 5.97 Å². The third-order valence-corrected chi connectivity index (χ3v) is 5.47. The normalized spacial score (nSPS) is 14.8. The van der Waals surface area contributed by atoms with Gasteiger partial charge in [-0.1, -0.05) is 46.3 Å². The van der Waals surface area contributed by atoms with Crippen molar-refractivity contribution in [3.63, 3.8) is 0 Å². The van der Waals surface area contributed by atoms with Crippen LogP contribution < -0.4 is 19.6 Å². The molecule has 1 aliphatic heterocycles. The van der Waals surface area contributed by atoms with Gasteiger partial charge in [-0.05, 0) is 52.3 Å². The van der Waals surface area contributed by atoms with Crippen LogP contribution in [0.1, 0.15) is 15.9 Å². The van der Waals surface area contributed by atoms with Crippen LogP contribution >= 0.6 is 31.9 Å². The van der Waals surface area contributed by atoms with E-state index in [0.29, 0.717) is 27.1 Å². The largest absolute Gasteiger partial charge is 0.485 e. The number of carbonyl (C=O) groups excluding carboxylic acids is 2. The molecule has 7 nitrogen and oxygen atoms in total. The van der Waals surface area contributed by atoms with Gasteiger partial charge in [-0.2, -0.15) is 5.10 Å². The fourth-order valence-corrected chi connectivity index (χ4v) is 4.24. The van der Waals surface area contributed by atoms with E-state index in [-0.39, 0.29) is 12.4 Å². The molecular formula is C23H16Br2N2O5. The highest BCUT2D eigenvalue weighted by Crippen LogP contribution is 2.33. The van der Waals surface area contributed by atoms with Crippen molar-refractivity contribution in [1.82, 2.24) is 5.43 Å². The summed E-state index contributed by atoms with van der Waals surface area (Å²) in [5.41, 5.74) is 3.32. The molecule has 0 saturated heterocycles. The predicted octanol–water partition coefficient (Wildman–Crippen LogP) is 4.72. The molecule has 1 heterocycles. The number of hydrogen-bond donors (Lipinski definition) is 1. The number of carbonyl (C=O) groups is 2. The summed E-state index contributed by atoms with van der Waals surface area (Å²) in [6, 6.07) is 19.2. The van der Waals surface area contributed by atoms with Crippen molar-refractivity contribution >= 4 is 50.0 Å². The lowest BCUT2D eigenvalue weighted by Crippen LogP contribution is -2.42. The number of amides is 1. The zero-order valence-electron chi connectivity index (χ0n) is 16.5. The molecule has 0 bridgehead atoms. The van der Waals surface area contributed by atoms with Crippen LogP contribution in [0.4, 0.5) is 0 Å². The van der Waals surface area contributed by atoms with Gasteiger partial charge in [0, 0.05) is 10.0 Å². The van der Waals surface area contributed by atoms with Crippen LogP contribution in [0.25, 0.3) is 0 Å². The number of nitrogens with zero attached hydrogens (tertiary/aromatic N) is 1. The number of benzene rings is 3. The smallest absolute Gasteiger partial charge is 0.343 e. The molecule has 3 aromatic rings. The maximum Gasteiger partial charge on any atom is 0.343 e. The standard InChI is InChI=1S/C23H16Br2N2O5/c24-16-10-15(21(17(25)11-16)32-23(29)14-6-2-1-3-7-14)12-26-27-22(28)20-13-30-18-8-4-5-9-19(18)31-20/h1-12,20H,13H2,(H,27,28)/b26-12+/t20-/m1/s1. The van der Waals surface area contributed by atoms with Crippen molar-refractivity contribution in [3.05, 3.63) is 86.8 Å². The third kappa shape index (κ3) is 5.17. The molecule has 0 aliphatic carbocycles. The van der Waals surface area contributed by atoms with Gasteiger partial charge in [-0.3, -0.25) is 4.79 Å². The maximum absolute atomic E-state index is 12.5. The second-order valence-electron chi connectivity index (χ2n) is 6.66. The molecule has 0 aromatic heterocycles. The summed E-state index contributed by atoms with van der Waals surface area (Å²) < 4.78 is 18.1. The molecule has 1 atom stereocenters. The van der Waals surface area contributed by atoms with Crippen LogP contribution in [0.3, 0.4) is 0 Å². The van der Waals surface area contributed by atoms with Crippen LogP contribution in [0.15, 0.2) is 80.8 Å². The molecule has 0 fully saturated rings. The molecule has 32 heavy (non-hydrogen) atoms. The highest BCUT2D eigenvalue weighted by atomic mass is 79.9. The topological polar surface area (TPSA) is 86.2 Å². The van der Waals surface area contributed by atoms with Crippen molar-refractivity contribution < 1.29 is 23.8 Å². The molecule has 0 unspecified atom stereocenters. The lowest BCUT2D eigenvalue weighted by Gasteiger charge is -2.24. The highest BCUT2D eigenvalue weighted by Gasteiger charge is 2.27. The minimum atomic E-state index is -0.841. The molecular weight excluding hydrogens is 544 g/mol. The highest BCUT2D eigenvalue weighted by molar-refractivity contribution is 9.11. The Balaban J connectivity index is 1.46. The molecule has 0 spiro atoms. The van der Waals surface area contributed by atoms with Crippen LogP contribution in [0, 0.1) is 0 Å². The Hall–Kier alpha value is -3.17. The number of nitrogens with one attached hydrogen (secondary N) is 1. The number of ether oxygens (including phenoxy) is 3. The lowest BCUT2D eigenvalue weighted by atomic mass is 10.2. The van der Waals surface area contributed by atoms with Crippen LogP contribution in [-0.2, 0) is 4.79 Å². The first-order valence-corrected chi connectivity index (χ1v) is 11.1. The fourth-order valence-electron chi connectivity index (χ4n) is 2.90. The van der Waals surface area contributed by atoms with E-state index in [9.17, 15) is 9.59 Å². The average molecular weight is 560 g/mol. The Labute approximate surface area is 200 Å². The monoisotopic (exact) mass is 558 g/mol. The SMILES string of the molecule is O=C(Oc1c(Br)cc(Br)cc1/C=N/NC(=O)[C@H]1COc2ccccc2O1)c1ccccc1. The van der Waals surface area contributed by atoms with Crippen LogP contribution in [0.2, 0.25) is 0 Å². The quantitative estimate of drug-likeness (QED) is 0.211. The molecule has 1 amide bonds. The maximum atomic E-state index is 12.5. The fraction of sp³-hybridized carbons (Fsp3) is 0.0870. The summed E-state index contributed by atoms with van der Waals surface area (Å²) in [5, 5.41) is 4.00. The van der Waals surface area contributed by atoms with Gasteiger partial charge in [0.05, 0.1) is 16.3 Å². The van der Waals surface area contributed by atoms with Crippen molar-refractivity contribution in [3.8, 4) is 17.2 Å². The second-order valence-corrected chi connectivity index (χ2v) is 8.43. The third-order valence-electron chi connectivity index (χ3n) is 4.42. The summed E-state index contributed by atoms with van der Waals surface area (Å²) in [4.78, 5) is 24.9. The molecule has 9 heteroatoms. The van der Waals surface area contributed by atoms with E-state index < -0.39 is 18.0 Å². The summed E-state index contributed by atoms with van der Waals surface area (Å²) >= 11 is 6.81. The molecule has 3 aromatic carbocycles. The van der Waals surface area contributed by atoms with E-state index in [0.717, 1.165) is 4.47 Å². The van der Waals surface area contributed by atoms with E-state index in [2.05, 4.69) is 42.4 Å². The van der Waals surface area contributed by atoms with Crippen LogP contribution in [0.5, 0.6) is 17.2 Å². The number of para-hydroxylation sites is 2. The Morgan fingerprint density at radius 2 is 1.75 bits per heavy atom. The number of halogens is 2. The Morgan fingerprint density at radius 1 is 1.03 bits per heavy atom. The van der Waals surface area contributed by atoms with Crippen molar-refractivity contribution in [2.75, 3.05) is 6.61 Å². The average Bonchev–Trinajstić information content (AvgIpc) is 2.81. The van der Waals surface area contributed by atoms with Gasteiger partial charge in [-0.25, -0.2) is 10.2 Å². The van der Waals surface area contributed by atoms with E-state index in [1.807, 2.05) is 12.1 Å². The van der Waals surface area contributed by atoms with Gasteiger partial charge in [0.15, 0.2) is 17.2 Å². The minimum Gasteiger partial charge on any atom is -0.485 e. The molecule has 1 N–H and O–H groups in total. The Kier molecular flexibility index (Phi) is 6.87. The number of fused-ring (bicyclic) bond motifs is 1. The number of esters is 1. The lowest BCUT2D eigenvalue weighted by molar-refractivity contribution is -0.130. The zero-order chi connectivity index (χ0) is 22.5. The Bertz CT molecular complexity index is 1180. The van der Waals surface area contributed by atoms with Gasteiger partial charge in [0.2, 0.25) is 6.10 Å². The molecule has 1 aliphatic rings. The van der Waals surface area contributed by atoms with Crippen molar-refractivity contribution in [2.45, 2.75) is 6.10 Å². The van der Waals surface area contributed by atoms with Gasteiger partial charge in [0.1, 0.15) is 6.61 Å². The van der Waals surface area contributed by atoms with E-state index in [4.69, 9.17) is 14.2 Å². The van der Waals surface area contributed by atoms with Crippen molar-refractivity contribution in [1.29, 1.82) is 0 Å². The predicted molar refractivity (Wildman–Crippen MR) is 125 cm³/mol. The van der Waals surface area contributed by atoms with Crippen LogP contribution in [-0.4, -0.2) is 30.8 Å². The van der Waals surface area contributed by atoms with E-state index >= 15 is 0 Å². The van der Waals surface area contributed by atoms with Gasteiger partial charge in [-0.15, -0.1) is 0 Å². The first kappa shape index (κ1) is 22.0. The van der Waals surface area contributed by atoms with Crippen molar-refractivity contribution in [2.24, 2.45) is 5.10 Å². The first-order chi connectivity index (χ1) is 15.5. The number of rotatable bonds is 5. The first-order valence-electron chi connectivity index (χ1n) is 9.49. The Morgan fingerprint density at radius 3 is 2.53 bits per heavy atom. The van der Waals surface area contributed by atoms with Gasteiger partial charge in [0.25, 0.3) is 5.91 Å². The number of hydrogen-bond acceptors (Lipinski definition) is 6. The zero-order valence-corrected chi connectivity index (χ0v) is 19.6. The summed E-state index contributed by atoms with van der Waals surface area (Å²) in [5.74, 6) is 0.371. The van der Waals surface area contributed by atoms with Gasteiger partial charge < -0.3 is 14.2 Å². The molecule has 0 saturated carbocycles. The summed E-state index contributed by atoms with van der Waals surface area (Å²) in [6.45, 7) is 0.0702. The minimum absolute atomic E-state index is 0.0702. The van der Waals surface area contributed by atoms with E-state index in [1.165, 1.54) is 6.21 Å².